The molecule has 1 rings (SSSR count). The number of hydrogen-bond acceptors (Lipinski definition) is 3. The maximum Gasteiger partial charge on any atom is 0.173 e. The SMILES string of the molecule is Cn1cc(C(=O)CC(=O)C(C)(C)C)cn1. The van der Waals surface area contributed by atoms with E-state index in [4.69, 9.17) is 0 Å². The number of carbonyl (C=O) groups excluding carboxylic acids is 2. The van der Waals surface area contributed by atoms with Gasteiger partial charge in [0, 0.05) is 18.7 Å². The molecule has 0 N–H and O–H groups in total. The van der Waals surface area contributed by atoms with E-state index in [9.17, 15) is 9.59 Å². The molecular formula is C11H16N2O2. The first kappa shape index (κ1) is 11.6. The smallest absolute Gasteiger partial charge is 0.173 e. The van der Waals surface area contributed by atoms with E-state index in [2.05, 4.69) is 5.10 Å². The molecule has 0 atom stereocenters. The van der Waals surface area contributed by atoms with Crippen LogP contribution in [0.2, 0.25) is 0 Å². The molecule has 1 aromatic rings. The van der Waals surface area contributed by atoms with Crippen LogP contribution < -0.4 is 0 Å². The minimum Gasteiger partial charge on any atom is -0.299 e. The Bertz CT molecular complexity index is 386. The second kappa shape index (κ2) is 3.96. The standard InChI is InChI=1S/C11H16N2O2/c1-11(2,3)10(15)5-9(14)8-6-12-13(4)7-8/h6-7H,5H2,1-4H3. The lowest BCUT2D eigenvalue weighted by molar-refractivity contribution is -0.125. The summed E-state index contributed by atoms with van der Waals surface area (Å²) in [5.74, 6) is -0.209. The summed E-state index contributed by atoms with van der Waals surface area (Å²) in [6.45, 7) is 5.43. The average molecular weight is 208 g/mol. The summed E-state index contributed by atoms with van der Waals surface area (Å²) in [5, 5.41) is 3.89. The van der Waals surface area contributed by atoms with Gasteiger partial charge in [-0.05, 0) is 0 Å². The molecule has 0 aromatic carbocycles. The fraction of sp³-hybridized carbons (Fsp3) is 0.545. The van der Waals surface area contributed by atoms with Crippen LogP contribution >= 0.6 is 0 Å². The molecule has 0 spiro atoms. The van der Waals surface area contributed by atoms with Crippen molar-refractivity contribution in [1.29, 1.82) is 0 Å². The molecular weight excluding hydrogens is 192 g/mol. The Morgan fingerprint density at radius 3 is 2.40 bits per heavy atom. The maximum absolute atomic E-state index is 11.6. The van der Waals surface area contributed by atoms with Gasteiger partial charge in [0.25, 0.3) is 0 Å². The summed E-state index contributed by atoms with van der Waals surface area (Å²) in [5.41, 5.74) is 0.0350. The predicted molar refractivity (Wildman–Crippen MR) is 56.6 cm³/mol. The number of Topliss-reactive ketones (excluding diaryl/α,β-unsaturated/α-hetero) is 2. The van der Waals surface area contributed by atoms with Crippen LogP contribution in [0.4, 0.5) is 0 Å². The molecule has 0 aliphatic carbocycles. The summed E-state index contributed by atoms with van der Waals surface area (Å²) in [6, 6.07) is 0. The van der Waals surface area contributed by atoms with Crippen LogP contribution in [0.1, 0.15) is 37.6 Å². The van der Waals surface area contributed by atoms with E-state index in [-0.39, 0.29) is 18.0 Å². The monoisotopic (exact) mass is 208 g/mol. The van der Waals surface area contributed by atoms with Gasteiger partial charge in [0.05, 0.1) is 18.2 Å². The van der Waals surface area contributed by atoms with Gasteiger partial charge in [-0.2, -0.15) is 5.10 Å². The summed E-state index contributed by atoms with van der Waals surface area (Å²) >= 11 is 0. The first-order chi connectivity index (χ1) is 6.80. The number of aromatic nitrogens is 2. The Kier molecular flexibility index (Phi) is 3.07. The van der Waals surface area contributed by atoms with Crippen LogP contribution in [0.5, 0.6) is 0 Å². The highest BCUT2D eigenvalue weighted by Gasteiger charge is 2.24. The van der Waals surface area contributed by atoms with Crippen LogP contribution in [0.25, 0.3) is 0 Å². The van der Waals surface area contributed by atoms with E-state index in [0.717, 1.165) is 0 Å². The fourth-order valence-electron chi connectivity index (χ4n) is 1.08. The van der Waals surface area contributed by atoms with E-state index in [1.165, 1.54) is 6.20 Å². The Labute approximate surface area is 89.3 Å². The van der Waals surface area contributed by atoms with Gasteiger partial charge >= 0.3 is 0 Å². The first-order valence-corrected chi connectivity index (χ1v) is 4.86. The normalized spacial score (nSPS) is 11.5. The Morgan fingerprint density at radius 2 is 2.00 bits per heavy atom. The molecule has 0 aliphatic rings. The number of hydrogen-bond donors (Lipinski definition) is 0. The van der Waals surface area contributed by atoms with Gasteiger partial charge in [0.15, 0.2) is 5.78 Å². The quantitative estimate of drug-likeness (QED) is 0.560. The largest absolute Gasteiger partial charge is 0.299 e. The third kappa shape index (κ3) is 3.01. The van der Waals surface area contributed by atoms with Gasteiger partial charge in [-0.1, -0.05) is 20.8 Å². The van der Waals surface area contributed by atoms with E-state index >= 15 is 0 Å². The van der Waals surface area contributed by atoms with Crippen molar-refractivity contribution in [2.75, 3.05) is 0 Å². The zero-order valence-corrected chi connectivity index (χ0v) is 9.57. The van der Waals surface area contributed by atoms with E-state index < -0.39 is 5.41 Å². The molecule has 0 saturated carbocycles. The molecule has 0 radical (unpaired) electrons. The van der Waals surface area contributed by atoms with Crippen molar-refractivity contribution in [3.8, 4) is 0 Å². The van der Waals surface area contributed by atoms with Crippen LogP contribution in [0, 0.1) is 5.41 Å². The highest BCUT2D eigenvalue weighted by Crippen LogP contribution is 2.18. The van der Waals surface area contributed by atoms with Gasteiger partial charge in [-0.25, -0.2) is 0 Å². The second-order valence-corrected chi connectivity index (χ2v) is 4.68. The minimum absolute atomic E-state index is 0.0450. The Hall–Kier alpha value is -1.45. The van der Waals surface area contributed by atoms with Crippen LogP contribution in [-0.4, -0.2) is 21.3 Å². The Morgan fingerprint density at radius 1 is 1.40 bits per heavy atom. The Balaban J connectivity index is 2.69. The summed E-state index contributed by atoms with van der Waals surface area (Å²) in [7, 11) is 1.74. The van der Waals surface area contributed by atoms with Crippen molar-refractivity contribution in [3.05, 3.63) is 18.0 Å². The number of aryl methyl sites for hydroxylation is 1. The molecule has 82 valence electrons. The van der Waals surface area contributed by atoms with E-state index in [1.807, 2.05) is 20.8 Å². The van der Waals surface area contributed by atoms with Gasteiger partial charge in [-0.3, -0.25) is 14.3 Å². The second-order valence-electron chi connectivity index (χ2n) is 4.68. The molecule has 1 heterocycles. The molecule has 0 aliphatic heterocycles. The summed E-state index contributed by atoms with van der Waals surface area (Å²) in [4.78, 5) is 23.2. The zero-order chi connectivity index (χ0) is 11.6. The minimum atomic E-state index is -0.460. The molecule has 15 heavy (non-hydrogen) atoms. The van der Waals surface area contributed by atoms with Crippen LogP contribution in [0.15, 0.2) is 12.4 Å². The van der Waals surface area contributed by atoms with E-state index in [0.29, 0.717) is 5.56 Å². The lowest BCUT2D eigenvalue weighted by atomic mass is 9.87. The van der Waals surface area contributed by atoms with Gasteiger partial charge in [0.2, 0.25) is 0 Å². The third-order valence-electron chi connectivity index (χ3n) is 2.18. The zero-order valence-electron chi connectivity index (χ0n) is 9.57. The van der Waals surface area contributed by atoms with Gasteiger partial charge < -0.3 is 0 Å². The predicted octanol–water partition coefficient (Wildman–Crippen LogP) is 1.61. The molecule has 0 amide bonds. The van der Waals surface area contributed by atoms with Gasteiger partial charge in [0.1, 0.15) is 5.78 Å². The molecule has 0 fully saturated rings. The van der Waals surface area contributed by atoms with Crippen molar-refractivity contribution in [2.45, 2.75) is 27.2 Å². The van der Waals surface area contributed by atoms with Crippen molar-refractivity contribution in [1.82, 2.24) is 9.78 Å². The molecule has 0 saturated heterocycles. The van der Waals surface area contributed by atoms with Crippen LogP contribution in [-0.2, 0) is 11.8 Å². The van der Waals surface area contributed by atoms with Gasteiger partial charge in [-0.15, -0.1) is 0 Å². The van der Waals surface area contributed by atoms with Crippen molar-refractivity contribution in [2.24, 2.45) is 12.5 Å². The number of rotatable bonds is 3. The highest BCUT2D eigenvalue weighted by atomic mass is 16.1. The molecule has 1 aromatic heterocycles. The van der Waals surface area contributed by atoms with E-state index in [1.54, 1.807) is 17.9 Å². The highest BCUT2D eigenvalue weighted by molar-refractivity contribution is 6.09. The fourth-order valence-corrected chi connectivity index (χ4v) is 1.08. The third-order valence-corrected chi connectivity index (χ3v) is 2.18. The van der Waals surface area contributed by atoms with Crippen molar-refractivity contribution >= 4 is 11.6 Å². The molecule has 0 bridgehead atoms. The van der Waals surface area contributed by atoms with Crippen LogP contribution in [0.3, 0.4) is 0 Å². The number of carbonyl (C=O) groups is 2. The average Bonchev–Trinajstić information content (AvgIpc) is 2.50. The van der Waals surface area contributed by atoms with Crippen molar-refractivity contribution in [3.63, 3.8) is 0 Å². The lowest BCUT2D eigenvalue weighted by Crippen LogP contribution is -2.22. The molecule has 0 unspecified atom stereocenters. The number of ketones is 2. The lowest BCUT2D eigenvalue weighted by Gasteiger charge is -2.15. The molecule has 4 nitrogen and oxygen atoms in total. The number of nitrogens with zero attached hydrogens (tertiary/aromatic N) is 2. The van der Waals surface area contributed by atoms with Crippen molar-refractivity contribution < 1.29 is 9.59 Å². The topological polar surface area (TPSA) is 52.0 Å². The summed E-state index contributed by atoms with van der Waals surface area (Å²) in [6.07, 6.45) is 3.06. The first-order valence-electron chi connectivity index (χ1n) is 4.86. The maximum atomic E-state index is 11.6. The summed E-state index contributed by atoms with van der Waals surface area (Å²) < 4.78 is 1.55. The molecule has 4 heteroatoms.